The van der Waals surface area contributed by atoms with Crippen molar-refractivity contribution in [2.24, 2.45) is 0 Å². The first-order valence-corrected chi connectivity index (χ1v) is 6.23. The van der Waals surface area contributed by atoms with Crippen molar-refractivity contribution < 1.29 is 13.5 Å². The molecule has 0 aromatic heterocycles. The molecule has 1 saturated heterocycles. The topological polar surface area (TPSA) is 24.5 Å². The predicted molar refractivity (Wildman–Crippen MR) is 66.8 cm³/mol. The van der Waals surface area contributed by atoms with Crippen LogP contribution >= 0.6 is 0 Å². The van der Waals surface area contributed by atoms with E-state index in [-0.39, 0.29) is 5.69 Å². The molecule has 0 atom stereocenters. The Morgan fingerprint density at radius 1 is 1.22 bits per heavy atom. The second-order valence-corrected chi connectivity index (χ2v) is 4.29. The zero-order chi connectivity index (χ0) is 13.0. The van der Waals surface area contributed by atoms with Gasteiger partial charge in [-0.3, -0.25) is 0 Å². The van der Waals surface area contributed by atoms with Crippen molar-refractivity contribution in [1.82, 2.24) is 5.32 Å². The molecule has 5 heteroatoms. The molecule has 1 heterocycles. The Labute approximate surface area is 106 Å². The van der Waals surface area contributed by atoms with Gasteiger partial charge in [-0.25, -0.2) is 8.78 Å². The number of morpholine rings is 1. The Kier molecular flexibility index (Phi) is 4.49. The van der Waals surface area contributed by atoms with E-state index in [0.717, 1.165) is 6.54 Å². The number of benzene rings is 1. The van der Waals surface area contributed by atoms with Gasteiger partial charge < -0.3 is 15.0 Å². The Morgan fingerprint density at radius 3 is 2.39 bits per heavy atom. The maximum absolute atomic E-state index is 14.0. The van der Waals surface area contributed by atoms with Crippen LogP contribution in [0.5, 0.6) is 0 Å². The second-order valence-electron chi connectivity index (χ2n) is 4.29. The lowest BCUT2D eigenvalue weighted by Crippen LogP contribution is -2.37. The Bertz CT molecular complexity index is 383. The summed E-state index contributed by atoms with van der Waals surface area (Å²) in [6, 6.07) is 2.80. The molecule has 0 aliphatic carbocycles. The van der Waals surface area contributed by atoms with Gasteiger partial charge in [0.15, 0.2) is 0 Å². The van der Waals surface area contributed by atoms with Crippen LogP contribution < -0.4 is 10.2 Å². The third-order valence-corrected chi connectivity index (χ3v) is 2.98. The van der Waals surface area contributed by atoms with E-state index in [1.165, 1.54) is 12.1 Å². The predicted octanol–water partition coefficient (Wildman–Crippen LogP) is 1.91. The van der Waals surface area contributed by atoms with E-state index in [4.69, 9.17) is 4.74 Å². The molecule has 0 spiro atoms. The Morgan fingerprint density at radius 2 is 1.83 bits per heavy atom. The summed E-state index contributed by atoms with van der Waals surface area (Å²) < 4.78 is 33.1. The number of nitrogens with zero attached hydrogens (tertiary/aromatic N) is 1. The minimum atomic E-state index is -0.496. The van der Waals surface area contributed by atoms with Gasteiger partial charge in [0.25, 0.3) is 0 Å². The van der Waals surface area contributed by atoms with Crippen molar-refractivity contribution in [1.29, 1.82) is 0 Å². The molecule has 0 saturated carbocycles. The number of hydrogen-bond acceptors (Lipinski definition) is 3. The molecular formula is C13H18F2N2O. The molecule has 1 aliphatic rings. The van der Waals surface area contributed by atoms with Gasteiger partial charge in [0.2, 0.25) is 0 Å². The van der Waals surface area contributed by atoms with E-state index in [2.05, 4.69) is 5.32 Å². The summed E-state index contributed by atoms with van der Waals surface area (Å²) in [5.74, 6) is -0.991. The van der Waals surface area contributed by atoms with Gasteiger partial charge in [0.05, 0.1) is 13.2 Å². The summed E-state index contributed by atoms with van der Waals surface area (Å²) >= 11 is 0. The zero-order valence-corrected chi connectivity index (χ0v) is 10.5. The van der Waals surface area contributed by atoms with Crippen LogP contribution in [-0.4, -0.2) is 32.8 Å². The standard InChI is InChI=1S/C13H18F2N2O/c1-2-16-9-10-7-11(14)13(12(15)8-10)17-3-5-18-6-4-17/h7-8,16H,2-6,9H2,1H3. The van der Waals surface area contributed by atoms with E-state index in [9.17, 15) is 8.78 Å². The van der Waals surface area contributed by atoms with E-state index in [1.54, 1.807) is 4.90 Å². The van der Waals surface area contributed by atoms with Crippen molar-refractivity contribution in [3.8, 4) is 0 Å². The van der Waals surface area contributed by atoms with Gasteiger partial charge in [-0.1, -0.05) is 6.92 Å². The van der Waals surface area contributed by atoms with Gasteiger partial charge in [0, 0.05) is 19.6 Å². The van der Waals surface area contributed by atoms with Gasteiger partial charge >= 0.3 is 0 Å². The Balaban J connectivity index is 2.20. The quantitative estimate of drug-likeness (QED) is 0.890. The van der Waals surface area contributed by atoms with Crippen molar-refractivity contribution >= 4 is 5.69 Å². The van der Waals surface area contributed by atoms with Crippen molar-refractivity contribution in [3.63, 3.8) is 0 Å². The molecule has 1 N–H and O–H groups in total. The van der Waals surface area contributed by atoms with Crippen molar-refractivity contribution in [3.05, 3.63) is 29.3 Å². The summed E-state index contributed by atoms with van der Waals surface area (Å²) in [6.07, 6.45) is 0. The van der Waals surface area contributed by atoms with Crippen LogP contribution in [0.2, 0.25) is 0 Å². The van der Waals surface area contributed by atoms with Crippen LogP contribution in [0.3, 0.4) is 0 Å². The van der Waals surface area contributed by atoms with Crippen LogP contribution in [0.15, 0.2) is 12.1 Å². The normalized spacial score (nSPS) is 16.1. The van der Waals surface area contributed by atoms with Crippen molar-refractivity contribution in [2.45, 2.75) is 13.5 Å². The third-order valence-electron chi connectivity index (χ3n) is 2.98. The van der Waals surface area contributed by atoms with Gasteiger partial charge in [-0.2, -0.15) is 0 Å². The lowest BCUT2D eigenvalue weighted by Gasteiger charge is -2.29. The number of anilines is 1. The fourth-order valence-corrected chi connectivity index (χ4v) is 2.08. The van der Waals surface area contributed by atoms with Crippen LogP contribution in [0.1, 0.15) is 12.5 Å². The van der Waals surface area contributed by atoms with E-state index in [0.29, 0.717) is 38.4 Å². The molecule has 2 rings (SSSR count). The summed E-state index contributed by atoms with van der Waals surface area (Å²) in [4.78, 5) is 1.70. The number of ether oxygens (including phenoxy) is 1. The maximum atomic E-state index is 14.0. The SMILES string of the molecule is CCNCc1cc(F)c(N2CCOCC2)c(F)c1. The number of nitrogens with one attached hydrogen (secondary N) is 1. The fraction of sp³-hybridized carbons (Fsp3) is 0.538. The highest BCUT2D eigenvalue weighted by molar-refractivity contribution is 5.51. The molecule has 1 aromatic rings. The highest BCUT2D eigenvalue weighted by Gasteiger charge is 2.20. The molecular weight excluding hydrogens is 238 g/mol. The molecule has 0 unspecified atom stereocenters. The minimum absolute atomic E-state index is 0.0681. The molecule has 1 aliphatic heterocycles. The Hall–Kier alpha value is -1.20. The first kappa shape index (κ1) is 13.2. The van der Waals surface area contributed by atoms with Crippen LogP contribution in [-0.2, 0) is 11.3 Å². The maximum Gasteiger partial charge on any atom is 0.149 e. The minimum Gasteiger partial charge on any atom is -0.378 e. The number of hydrogen-bond donors (Lipinski definition) is 1. The first-order chi connectivity index (χ1) is 8.72. The average molecular weight is 256 g/mol. The average Bonchev–Trinajstić information content (AvgIpc) is 2.37. The van der Waals surface area contributed by atoms with E-state index >= 15 is 0 Å². The van der Waals surface area contributed by atoms with Gasteiger partial charge in [-0.15, -0.1) is 0 Å². The smallest absolute Gasteiger partial charge is 0.149 e. The van der Waals surface area contributed by atoms with Gasteiger partial charge in [0.1, 0.15) is 17.3 Å². The largest absolute Gasteiger partial charge is 0.378 e. The molecule has 100 valence electrons. The molecule has 0 amide bonds. The number of halogens is 2. The van der Waals surface area contributed by atoms with E-state index < -0.39 is 11.6 Å². The highest BCUT2D eigenvalue weighted by atomic mass is 19.1. The second kappa shape index (κ2) is 6.11. The van der Waals surface area contributed by atoms with Gasteiger partial charge in [-0.05, 0) is 24.2 Å². The molecule has 0 bridgehead atoms. The molecule has 1 fully saturated rings. The zero-order valence-electron chi connectivity index (χ0n) is 10.5. The monoisotopic (exact) mass is 256 g/mol. The molecule has 3 nitrogen and oxygen atoms in total. The van der Waals surface area contributed by atoms with Crippen LogP contribution in [0.4, 0.5) is 14.5 Å². The van der Waals surface area contributed by atoms with E-state index in [1.807, 2.05) is 6.92 Å². The molecule has 0 radical (unpaired) electrons. The summed E-state index contributed by atoms with van der Waals surface area (Å²) in [5, 5.41) is 3.05. The highest BCUT2D eigenvalue weighted by Crippen LogP contribution is 2.25. The summed E-state index contributed by atoms with van der Waals surface area (Å²) in [7, 11) is 0. The van der Waals surface area contributed by atoms with Crippen LogP contribution in [0.25, 0.3) is 0 Å². The summed E-state index contributed by atoms with van der Waals surface area (Å²) in [5.41, 5.74) is 0.697. The number of rotatable bonds is 4. The summed E-state index contributed by atoms with van der Waals surface area (Å²) in [6.45, 7) is 5.29. The lowest BCUT2D eigenvalue weighted by molar-refractivity contribution is 0.122. The first-order valence-electron chi connectivity index (χ1n) is 6.23. The molecule has 1 aromatic carbocycles. The molecule has 18 heavy (non-hydrogen) atoms. The third kappa shape index (κ3) is 2.97. The van der Waals surface area contributed by atoms with Crippen molar-refractivity contribution in [2.75, 3.05) is 37.7 Å². The fourth-order valence-electron chi connectivity index (χ4n) is 2.08. The lowest BCUT2D eigenvalue weighted by atomic mass is 10.1. The van der Waals surface area contributed by atoms with Crippen LogP contribution in [0, 0.1) is 11.6 Å².